The number of fused-ring (bicyclic) bond motifs is 1. The van der Waals surface area contributed by atoms with Crippen LogP contribution in [0, 0.1) is 5.92 Å². The molecule has 7 nitrogen and oxygen atoms in total. The van der Waals surface area contributed by atoms with Crippen molar-refractivity contribution in [2.75, 3.05) is 18.1 Å². The van der Waals surface area contributed by atoms with E-state index in [9.17, 15) is 14.4 Å². The van der Waals surface area contributed by atoms with Gasteiger partial charge >= 0.3 is 5.97 Å². The molecule has 23 heavy (non-hydrogen) atoms. The van der Waals surface area contributed by atoms with Crippen LogP contribution in [0.25, 0.3) is 0 Å². The van der Waals surface area contributed by atoms with Crippen molar-refractivity contribution >= 4 is 39.4 Å². The van der Waals surface area contributed by atoms with Crippen molar-refractivity contribution in [3.63, 3.8) is 0 Å². The summed E-state index contributed by atoms with van der Waals surface area (Å²) in [5.74, 6) is -1.27. The molecule has 1 heterocycles. The zero-order valence-corrected chi connectivity index (χ0v) is 13.7. The third kappa shape index (κ3) is 3.31. The molecular weight excluding hydrogens is 368 g/mol. The summed E-state index contributed by atoms with van der Waals surface area (Å²) in [6.45, 7) is -0.216. The van der Waals surface area contributed by atoms with E-state index in [1.165, 1.54) is 4.90 Å². The summed E-state index contributed by atoms with van der Waals surface area (Å²) in [6.07, 6.45) is 0.864. The van der Waals surface area contributed by atoms with Gasteiger partial charge < -0.3 is 15.2 Å². The van der Waals surface area contributed by atoms with Gasteiger partial charge in [-0.05, 0) is 31.0 Å². The Kier molecular flexibility index (Phi) is 4.25. The van der Waals surface area contributed by atoms with E-state index in [1.807, 2.05) is 0 Å². The van der Waals surface area contributed by atoms with E-state index in [0.717, 1.165) is 4.47 Å². The summed E-state index contributed by atoms with van der Waals surface area (Å²) in [6, 6.07) is 5.10. The maximum Gasteiger partial charge on any atom is 0.306 e. The zero-order chi connectivity index (χ0) is 16.6. The van der Waals surface area contributed by atoms with Gasteiger partial charge in [0.25, 0.3) is 5.91 Å². The Morgan fingerprint density at radius 3 is 2.83 bits per heavy atom. The first-order chi connectivity index (χ1) is 10.9. The number of halogens is 1. The fraction of sp³-hybridized carbons (Fsp3) is 0.400. The summed E-state index contributed by atoms with van der Waals surface area (Å²) in [4.78, 5) is 36.3. The average Bonchev–Trinajstić information content (AvgIpc) is 2.45. The van der Waals surface area contributed by atoms with Crippen LogP contribution in [-0.4, -0.2) is 42.1 Å². The van der Waals surface area contributed by atoms with Crippen LogP contribution >= 0.6 is 15.9 Å². The Morgan fingerprint density at radius 1 is 1.39 bits per heavy atom. The minimum Gasteiger partial charge on any atom is -0.482 e. The average molecular weight is 383 g/mol. The molecule has 1 aliphatic carbocycles. The van der Waals surface area contributed by atoms with Crippen molar-refractivity contribution in [1.29, 1.82) is 0 Å². The lowest BCUT2D eigenvalue weighted by Crippen LogP contribution is -2.51. The maximum atomic E-state index is 12.1. The van der Waals surface area contributed by atoms with Crippen LogP contribution in [0.1, 0.15) is 12.8 Å². The van der Waals surface area contributed by atoms with Crippen LogP contribution in [0.4, 0.5) is 5.69 Å². The number of carboxylic acid groups (broad SMARTS) is 1. The second kappa shape index (κ2) is 6.19. The topological polar surface area (TPSA) is 95.9 Å². The van der Waals surface area contributed by atoms with Gasteiger partial charge in [-0.3, -0.25) is 19.3 Å². The van der Waals surface area contributed by atoms with Gasteiger partial charge in [0.05, 0.1) is 11.6 Å². The number of ether oxygens (including phenoxy) is 1. The summed E-state index contributed by atoms with van der Waals surface area (Å²) >= 11 is 3.33. The highest BCUT2D eigenvalue weighted by Crippen LogP contribution is 2.34. The lowest BCUT2D eigenvalue weighted by atomic mass is 9.80. The molecule has 0 atom stereocenters. The molecule has 0 saturated heterocycles. The molecule has 0 aromatic heterocycles. The number of rotatable bonds is 4. The number of aliphatic carboxylic acids is 1. The van der Waals surface area contributed by atoms with Crippen molar-refractivity contribution in [2.24, 2.45) is 5.92 Å². The van der Waals surface area contributed by atoms with Crippen LogP contribution < -0.4 is 15.0 Å². The predicted octanol–water partition coefficient (Wildman–Crippen LogP) is 1.15. The number of carboxylic acids is 1. The Balaban J connectivity index is 1.62. The number of amides is 2. The summed E-state index contributed by atoms with van der Waals surface area (Å²) in [5.41, 5.74) is 0.552. The fourth-order valence-corrected chi connectivity index (χ4v) is 3.05. The summed E-state index contributed by atoms with van der Waals surface area (Å²) in [7, 11) is 0. The summed E-state index contributed by atoms with van der Waals surface area (Å²) in [5, 5.41) is 11.6. The van der Waals surface area contributed by atoms with Crippen molar-refractivity contribution in [2.45, 2.75) is 18.9 Å². The Labute approximate surface area is 140 Å². The van der Waals surface area contributed by atoms with Crippen LogP contribution in [0.5, 0.6) is 5.75 Å². The van der Waals surface area contributed by atoms with Gasteiger partial charge in [-0.2, -0.15) is 0 Å². The van der Waals surface area contributed by atoms with Crippen molar-refractivity contribution in [3.05, 3.63) is 22.7 Å². The molecular formula is C15H15BrN2O5. The number of carbonyl (C=O) groups excluding carboxylic acids is 2. The van der Waals surface area contributed by atoms with E-state index in [4.69, 9.17) is 9.84 Å². The monoisotopic (exact) mass is 382 g/mol. The van der Waals surface area contributed by atoms with Gasteiger partial charge in [-0.1, -0.05) is 15.9 Å². The highest BCUT2D eigenvalue weighted by Gasteiger charge is 2.36. The van der Waals surface area contributed by atoms with Gasteiger partial charge in [0.15, 0.2) is 6.61 Å². The molecule has 2 N–H and O–H groups in total. The molecule has 1 fully saturated rings. The first-order valence-electron chi connectivity index (χ1n) is 7.19. The molecule has 2 aliphatic rings. The van der Waals surface area contributed by atoms with E-state index in [1.54, 1.807) is 18.2 Å². The Bertz CT molecular complexity index is 672. The molecule has 1 saturated carbocycles. The number of nitrogens with one attached hydrogen (secondary N) is 1. The summed E-state index contributed by atoms with van der Waals surface area (Å²) < 4.78 is 6.19. The molecule has 8 heteroatoms. The third-order valence-corrected chi connectivity index (χ3v) is 4.51. The number of hydrogen-bond donors (Lipinski definition) is 2. The fourth-order valence-electron chi connectivity index (χ4n) is 2.71. The first kappa shape index (κ1) is 15.8. The van der Waals surface area contributed by atoms with E-state index in [-0.39, 0.29) is 36.9 Å². The van der Waals surface area contributed by atoms with Gasteiger partial charge in [0.1, 0.15) is 12.3 Å². The van der Waals surface area contributed by atoms with Crippen molar-refractivity contribution < 1.29 is 24.2 Å². The molecule has 0 spiro atoms. The molecule has 0 radical (unpaired) electrons. The van der Waals surface area contributed by atoms with E-state index >= 15 is 0 Å². The van der Waals surface area contributed by atoms with Crippen LogP contribution in [-0.2, 0) is 14.4 Å². The number of anilines is 1. The molecule has 3 rings (SSSR count). The molecule has 0 bridgehead atoms. The van der Waals surface area contributed by atoms with Crippen LogP contribution in [0.15, 0.2) is 22.7 Å². The molecule has 1 aromatic carbocycles. The van der Waals surface area contributed by atoms with E-state index in [0.29, 0.717) is 24.3 Å². The third-order valence-electron chi connectivity index (χ3n) is 4.02. The van der Waals surface area contributed by atoms with Gasteiger partial charge in [-0.15, -0.1) is 0 Å². The maximum absolute atomic E-state index is 12.1. The van der Waals surface area contributed by atoms with Gasteiger partial charge in [-0.25, -0.2) is 0 Å². The molecule has 1 aromatic rings. The number of nitrogens with zero attached hydrogens (tertiary/aromatic N) is 1. The molecule has 2 amide bonds. The minimum absolute atomic E-state index is 0.106. The normalized spacial score (nSPS) is 22.7. The van der Waals surface area contributed by atoms with E-state index in [2.05, 4.69) is 21.2 Å². The second-order valence-corrected chi connectivity index (χ2v) is 6.57. The molecule has 122 valence electrons. The molecule has 0 unspecified atom stereocenters. The van der Waals surface area contributed by atoms with Gasteiger partial charge in [0, 0.05) is 10.5 Å². The van der Waals surface area contributed by atoms with Crippen LogP contribution in [0.2, 0.25) is 0 Å². The highest BCUT2D eigenvalue weighted by molar-refractivity contribution is 9.10. The lowest BCUT2D eigenvalue weighted by molar-refractivity contribution is -0.146. The van der Waals surface area contributed by atoms with Crippen molar-refractivity contribution in [3.8, 4) is 5.75 Å². The molecule has 1 aliphatic heterocycles. The number of hydrogen-bond acceptors (Lipinski definition) is 4. The predicted molar refractivity (Wildman–Crippen MR) is 84.3 cm³/mol. The van der Waals surface area contributed by atoms with Gasteiger partial charge in [0.2, 0.25) is 5.91 Å². The Morgan fingerprint density at radius 2 is 2.13 bits per heavy atom. The smallest absolute Gasteiger partial charge is 0.306 e. The van der Waals surface area contributed by atoms with Crippen molar-refractivity contribution in [1.82, 2.24) is 5.32 Å². The lowest BCUT2D eigenvalue weighted by Gasteiger charge is -2.34. The zero-order valence-electron chi connectivity index (χ0n) is 12.1. The first-order valence-corrected chi connectivity index (χ1v) is 7.98. The minimum atomic E-state index is -0.835. The highest BCUT2D eigenvalue weighted by atomic mass is 79.9. The number of benzene rings is 1. The number of carbonyl (C=O) groups is 3. The SMILES string of the molecule is O=C(CN1C(=O)COc2cc(Br)ccc21)NC1CC(C(=O)O)C1. The second-order valence-electron chi connectivity index (χ2n) is 5.65. The largest absolute Gasteiger partial charge is 0.482 e. The van der Waals surface area contributed by atoms with E-state index < -0.39 is 5.97 Å². The van der Waals surface area contributed by atoms with Crippen LogP contribution in [0.3, 0.4) is 0 Å². The quantitative estimate of drug-likeness (QED) is 0.814. The standard InChI is InChI=1S/C15H15BrN2O5/c16-9-1-2-11-12(5-9)23-7-14(20)18(11)6-13(19)17-10-3-8(4-10)15(21)22/h1-2,5,8,10H,3-4,6-7H2,(H,17,19)(H,21,22). The Hall–Kier alpha value is -2.09.